The summed E-state index contributed by atoms with van der Waals surface area (Å²) in [5, 5.41) is 17.7. The minimum absolute atomic E-state index is 0.265. The van der Waals surface area contributed by atoms with Crippen LogP contribution in [0.25, 0.3) is 5.57 Å². The fourth-order valence-electron chi connectivity index (χ4n) is 3.70. The molecule has 0 radical (unpaired) electrons. The van der Waals surface area contributed by atoms with E-state index in [4.69, 9.17) is 10.2 Å². The topological polar surface area (TPSA) is 94.9 Å². The summed E-state index contributed by atoms with van der Waals surface area (Å²) in [5.74, 6) is -2.25. The number of thiophene rings is 1. The number of hydrogen-bond acceptors (Lipinski definition) is 5. The molecule has 2 N–H and O–H groups in total. The van der Waals surface area contributed by atoms with Crippen molar-refractivity contribution in [2.24, 2.45) is 0 Å². The molecule has 1 aromatic heterocycles. The SMILES string of the molecule is CN1CCC(=C2c3ccccc3CC(=O)c3sccc32)CC1.O=C(O)/C=C\C(=O)O. The number of aliphatic carboxylic acids is 2. The molecule has 0 amide bonds. The molecule has 7 heteroatoms. The number of carboxylic acid groups (broad SMARTS) is 2. The van der Waals surface area contributed by atoms with E-state index in [1.807, 2.05) is 6.07 Å². The first kappa shape index (κ1) is 21.7. The first-order valence-electron chi connectivity index (χ1n) is 9.60. The highest BCUT2D eigenvalue weighted by Gasteiger charge is 2.27. The molecule has 0 unspecified atom stereocenters. The highest BCUT2D eigenvalue weighted by atomic mass is 32.1. The van der Waals surface area contributed by atoms with Gasteiger partial charge in [-0.2, -0.15) is 0 Å². The van der Waals surface area contributed by atoms with Crippen molar-refractivity contribution in [1.29, 1.82) is 0 Å². The van der Waals surface area contributed by atoms with Crippen LogP contribution in [0.4, 0.5) is 0 Å². The number of likely N-dealkylation sites (tertiary alicyclic amines) is 1. The van der Waals surface area contributed by atoms with Crippen molar-refractivity contribution >= 4 is 34.6 Å². The third-order valence-electron chi connectivity index (χ3n) is 5.14. The molecule has 0 saturated carbocycles. The van der Waals surface area contributed by atoms with Gasteiger partial charge in [-0.25, -0.2) is 9.59 Å². The van der Waals surface area contributed by atoms with Gasteiger partial charge in [-0.3, -0.25) is 4.79 Å². The quantitative estimate of drug-likeness (QED) is 0.712. The Balaban J connectivity index is 0.000000275. The van der Waals surface area contributed by atoms with Crippen LogP contribution in [0.2, 0.25) is 0 Å². The lowest BCUT2D eigenvalue weighted by Gasteiger charge is -2.27. The number of carbonyl (C=O) groups is 3. The summed E-state index contributed by atoms with van der Waals surface area (Å²) in [7, 11) is 2.18. The molecule has 2 aromatic rings. The number of nitrogens with zero attached hydrogens (tertiary/aromatic N) is 1. The normalized spacial score (nSPS) is 16.4. The van der Waals surface area contributed by atoms with E-state index in [1.165, 1.54) is 27.8 Å². The third kappa shape index (κ3) is 5.11. The number of carbonyl (C=O) groups excluding carboxylic acids is 1. The van der Waals surface area contributed by atoms with Gasteiger partial charge in [-0.05, 0) is 48.0 Å². The van der Waals surface area contributed by atoms with Crippen LogP contribution >= 0.6 is 11.3 Å². The fraction of sp³-hybridized carbons (Fsp3) is 0.261. The first-order valence-corrected chi connectivity index (χ1v) is 10.5. The van der Waals surface area contributed by atoms with Gasteiger partial charge in [0, 0.05) is 37.2 Å². The minimum Gasteiger partial charge on any atom is -0.478 e. The van der Waals surface area contributed by atoms with E-state index in [-0.39, 0.29) is 5.78 Å². The zero-order valence-corrected chi connectivity index (χ0v) is 17.4. The van der Waals surface area contributed by atoms with Crippen molar-refractivity contribution < 1.29 is 24.6 Å². The Labute approximate surface area is 178 Å². The second-order valence-electron chi connectivity index (χ2n) is 7.21. The van der Waals surface area contributed by atoms with E-state index in [2.05, 4.69) is 41.6 Å². The Bertz CT molecular complexity index is 1010. The van der Waals surface area contributed by atoms with Gasteiger partial charge >= 0.3 is 11.9 Å². The summed E-state index contributed by atoms with van der Waals surface area (Å²) < 4.78 is 0. The van der Waals surface area contributed by atoms with E-state index in [0.717, 1.165) is 30.8 Å². The molecule has 0 atom stereocenters. The second-order valence-corrected chi connectivity index (χ2v) is 8.13. The summed E-state index contributed by atoms with van der Waals surface area (Å²) in [4.78, 5) is 35.0. The van der Waals surface area contributed by atoms with Crippen molar-refractivity contribution in [2.45, 2.75) is 19.3 Å². The summed E-state index contributed by atoms with van der Waals surface area (Å²) >= 11 is 1.59. The number of ketones is 1. The molecule has 1 fully saturated rings. The third-order valence-corrected chi connectivity index (χ3v) is 6.09. The van der Waals surface area contributed by atoms with E-state index in [0.29, 0.717) is 18.6 Å². The Morgan fingerprint density at radius 1 is 1.00 bits per heavy atom. The predicted molar refractivity (Wildman–Crippen MR) is 116 cm³/mol. The van der Waals surface area contributed by atoms with Gasteiger partial charge < -0.3 is 15.1 Å². The van der Waals surface area contributed by atoms with Crippen molar-refractivity contribution in [3.63, 3.8) is 0 Å². The van der Waals surface area contributed by atoms with Crippen LogP contribution in [0.15, 0.2) is 53.4 Å². The molecule has 2 heterocycles. The van der Waals surface area contributed by atoms with E-state index >= 15 is 0 Å². The number of benzene rings is 1. The Morgan fingerprint density at radius 2 is 1.63 bits per heavy atom. The average molecular weight is 426 g/mol. The van der Waals surface area contributed by atoms with Gasteiger partial charge in [-0.15, -0.1) is 11.3 Å². The van der Waals surface area contributed by atoms with Crippen LogP contribution in [0, 0.1) is 0 Å². The number of hydrogen-bond donors (Lipinski definition) is 2. The standard InChI is InChI=1S/C19H19NOS.C4H4O4/c1-20-9-6-13(7-10-20)18-15-5-3-2-4-14(15)12-17(21)19-16(18)8-11-22-19;5-3(6)1-2-4(7)8/h2-5,8,11H,6-7,9-10,12H2,1H3;1-2H,(H,5,6)(H,7,8)/b;2-1-. The molecule has 30 heavy (non-hydrogen) atoms. The second kappa shape index (κ2) is 9.65. The highest BCUT2D eigenvalue weighted by molar-refractivity contribution is 7.12. The van der Waals surface area contributed by atoms with Gasteiger partial charge in [0.2, 0.25) is 0 Å². The maximum absolute atomic E-state index is 12.6. The molecule has 0 spiro atoms. The van der Waals surface area contributed by atoms with E-state index in [1.54, 1.807) is 11.3 Å². The van der Waals surface area contributed by atoms with Crippen LogP contribution in [0.3, 0.4) is 0 Å². The number of carboxylic acids is 2. The predicted octanol–water partition coefficient (Wildman–Crippen LogP) is 3.73. The average Bonchev–Trinajstić information content (AvgIpc) is 3.15. The molecular weight excluding hydrogens is 402 g/mol. The van der Waals surface area contributed by atoms with Crippen molar-refractivity contribution in [1.82, 2.24) is 4.90 Å². The molecule has 1 aromatic carbocycles. The zero-order chi connectivity index (χ0) is 21.7. The molecule has 2 aliphatic rings. The van der Waals surface area contributed by atoms with Gasteiger partial charge in [0.05, 0.1) is 4.88 Å². The molecule has 1 saturated heterocycles. The summed E-state index contributed by atoms with van der Waals surface area (Å²) in [6.07, 6.45) is 3.85. The first-order chi connectivity index (χ1) is 14.4. The van der Waals surface area contributed by atoms with Gasteiger partial charge in [0.25, 0.3) is 0 Å². The fourth-order valence-corrected chi connectivity index (χ4v) is 4.54. The molecule has 156 valence electrons. The molecular formula is C23H23NO5S. The van der Waals surface area contributed by atoms with Gasteiger partial charge in [0.1, 0.15) is 0 Å². The van der Waals surface area contributed by atoms with Crippen LogP contribution in [0.1, 0.15) is 39.2 Å². The minimum atomic E-state index is -1.26. The smallest absolute Gasteiger partial charge is 0.328 e. The molecule has 0 bridgehead atoms. The lowest BCUT2D eigenvalue weighted by Crippen LogP contribution is -2.27. The van der Waals surface area contributed by atoms with Crippen LogP contribution in [-0.4, -0.2) is 53.0 Å². The van der Waals surface area contributed by atoms with Crippen molar-refractivity contribution in [3.05, 3.63) is 75.0 Å². The highest BCUT2D eigenvalue weighted by Crippen LogP contribution is 2.40. The molecule has 1 aliphatic carbocycles. The van der Waals surface area contributed by atoms with E-state index < -0.39 is 11.9 Å². The van der Waals surface area contributed by atoms with Crippen molar-refractivity contribution in [3.8, 4) is 0 Å². The number of fused-ring (bicyclic) bond motifs is 2. The van der Waals surface area contributed by atoms with Gasteiger partial charge in [0.15, 0.2) is 5.78 Å². The molecule has 6 nitrogen and oxygen atoms in total. The van der Waals surface area contributed by atoms with Crippen molar-refractivity contribution in [2.75, 3.05) is 20.1 Å². The van der Waals surface area contributed by atoms with Crippen LogP contribution < -0.4 is 0 Å². The molecule has 4 rings (SSSR count). The maximum atomic E-state index is 12.6. The van der Waals surface area contributed by atoms with Crippen LogP contribution in [0.5, 0.6) is 0 Å². The Morgan fingerprint density at radius 3 is 2.27 bits per heavy atom. The van der Waals surface area contributed by atoms with Gasteiger partial charge in [-0.1, -0.05) is 29.8 Å². The van der Waals surface area contributed by atoms with E-state index in [9.17, 15) is 14.4 Å². The lowest BCUT2D eigenvalue weighted by atomic mass is 9.88. The summed E-state index contributed by atoms with van der Waals surface area (Å²) in [6, 6.07) is 10.6. The maximum Gasteiger partial charge on any atom is 0.328 e. The Kier molecular flexibility index (Phi) is 6.97. The molecule has 1 aliphatic heterocycles. The van der Waals surface area contributed by atoms with Crippen LogP contribution in [-0.2, 0) is 16.0 Å². The summed E-state index contributed by atoms with van der Waals surface area (Å²) in [6.45, 7) is 2.21. The summed E-state index contributed by atoms with van der Waals surface area (Å²) in [5.41, 5.74) is 6.47. The zero-order valence-electron chi connectivity index (χ0n) is 16.6. The monoisotopic (exact) mass is 425 g/mol. The Hall–Kier alpha value is -3.03. The largest absolute Gasteiger partial charge is 0.478 e. The number of piperidine rings is 1. The lowest BCUT2D eigenvalue weighted by molar-refractivity contribution is -0.134. The number of rotatable bonds is 2. The number of Topliss-reactive ketones (excluding diaryl/α,β-unsaturated/α-hetero) is 1.